The molecule has 78 valence electrons. The van der Waals surface area contributed by atoms with Crippen molar-refractivity contribution in [2.45, 2.75) is 0 Å². The summed E-state index contributed by atoms with van der Waals surface area (Å²) in [6.45, 7) is 0. The second-order valence-electron chi connectivity index (χ2n) is 2.70. The van der Waals surface area contributed by atoms with E-state index in [0.29, 0.717) is 19.1 Å². The maximum atomic E-state index is 11.9. The summed E-state index contributed by atoms with van der Waals surface area (Å²) in [6, 6.07) is 3.39. The Labute approximate surface area is 113 Å². The second kappa shape index (κ2) is 4.55. The molecule has 0 aromatic carbocycles. The van der Waals surface area contributed by atoms with Crippen LogP contribution in [0.1, 0.15) is 15.2 Å². The molecule has 15 heavy (non-hydrogen) atoms. The van der Waals surface area contributed by atoms with Crippen LogP contribution in [0.25, 0.3) is 0 Å². The minimum absolute atomic E-state index is 0.0456. The first-order valence-electron chi connectivity index (χ1n) is 3.81. The first kappa shape index (κ1) is 11.6. The van der Waals surface area contributed by atoms with Crippen LogP contribution in [0.5, 0.6) is 0 Å². The zero-order valence-corrected chi connectivity index (χ0v) is 11.8. The molecule has 0 saturated heterocycles. The third-order valence-corrected chi connectivity index (χ3v) is 5.26. The summed E-state index contributed by atoms with van der Waals surface area (Å²) in [5.74, 6) is -0.0456. The van der Waals surface area contributed by atoms with Crippen molar-refractivity contribution in [3.8, 4) is 0 Å². The molecule has 0 aliphatic heterocycles. The SMILES string of the molecule is O=C(c1csc(Cl)c1)c1cc(Br)c(Cl)s1. The average molecular weight is 342 g/mol. The molecule has 1 nitrogen and oxygen atoms in total. The fourth-order valence-corrected chi connectivity index (χ4v) is 3.55. The third-order valence-electron chi connectivity index (χ3n) is 1.70. The van der Waals surface area contributed by atoms with Gasteiger partial charge < -0.3 is 0 Å². The van der Waals surface area contributed by atoms with Gasteiger partial charge in [-0.1, -0.05) is 23.2 Å². The van der Waals surface area contributed by atoms with Crippen molar-refractivity contribution in [2.24, 2.45) is 0 Å². The van der Waals surface area contributed by atoms with Gasteiger partial charge in [0.15, 0.2) is 0 Å². The van der Waals surface area contributed by atoms with E-state index in [9.17, 15) is 4.79 Å². The lowest BCUT2D eigenvalue weighted by atomic mass is 10.2. The van der Waals surface area contributed by atoms with Gasteiger partial charge in [-0.2, -0.15) is 0 Å². The molecule has 2 heterocycles. The van der Waals surface area contributed by atoms with Gasteiger partial charge in [0.05, 0.1) is 9.21 Å². The number of hydrogen-bond donors (Lipinski definition) is 0. The number of halogens is 3. The van der Waals surface area contributed by atoms with Crippen LogP contribution in [-0.2, 0) is 0 Å². The molecule has 6 heteroatoms. The Morgan fingerprint density at radius 1 is 1.33 bits per heavy atom. The van der Waals surface area contributed by atoms with E-state index in [1.165, 1.54) is 22.7 Å². The van der Waals surface area contributed by atoms with Gasteiger partial charge in [-0.25, -0.2) is 0 Å². The Hall–Kier alpha value is 0.130. The van der Waals surface area contributed by atoms with E-state index in [1.54, 1.807) is 17.5 Å². The van der Waals surface area contributed by atoms with E-state index in [-0.39, 0.29) is 5.78 Å². The van der Waals surface area contributed by atoms with Crippen LogP contribution in [-0.4, -0.2) is 5.78 Å². The van der Waals surface area contributed by atoms with Gasteiger partial charge in [0.1, 0.15) is 4.34 Å². The van der Waals surface area contributed by atoms with Crippen molar-refractivity contribution in [3.63, 3.8) is 0 Å². The molecule has 0 amide bonds. The molecule has 2 aromatic rings. The molecule has 0 aliphatic carbocycles. The van der Waals surface area contributed by atoms with Crippen LogP contribution in [0.4, 0.5) is 0 Å². The van der Waals surface area contributed by atoms with E-state index in [1.807, 2.05) is 0 Å². The number of ketones is 1. The zero-order valence-electron chi connectivity index (χ0n) is 7.09. The minimum atomic E-state index is -0.0456. The smallest absolute Gasteiger partial charge is 0.203 e. The Kier molecular flexibility index (Phi) is 3.52. The molecule has 0 fully saturated rings. The summed E-state index contributed by atoms with van der Waals surface area (Å²) in [7, 11) is 0. The molecular weight excluding hydrogens is 339 g/mol. The predicted octanol–water partition coefficient (Wildman–Crippen LogP) is 5.11. The Morgan fingerprint density at radius 3 is 2.53 bits per heavy atom. The standard InChI is InChI=1S/C9H3BrCl2OS2/c10-5-2-6(15-9(5)12)8(13)4-1-7(11)14-3-4/h1-3H. The zero-order chi connectivity index (χ0) is 11.0. The molecule has 0 spiro atoms. The highest BCUT2D eigenvalue weighted by atomic mass is 79.9. The monoisotopic (exact) mass is 340 g/mol. The van der Waals surface area contributed by atoms with Crippen molar-refractivity contribution >= 4 is 67.6 Å². The Balaban J connectivity index is 2.36. The van der Waals surface area contributed by atoms with E-state index in [4.69, 9.17) is 23.2 Å². The average Bonchev–Trinajstić information content (AvgIpc) is 2.74. The molecular formula is C9H3BrCl2OS2. The molecule has 0 radical (unpaired) electrons. The molecule has 0 saturated carbocycles. The molecule has 0 aliphatic rings. The quantitative estimate of drug-likeness (QED) is 0.693. The third kappa shape index (κ3) is 2.45. The number of rotatable bonds is 2. The van der Waals surface area contributed by atoms with Crippen molar-refractivity contribution in [1.29, 1.82) is 0 Å². The molecule has 0 unspecified atom stereocenters. The lowest BCUT2D eigenvalue weighted by Gasteiger charge is -1.90. The van der Waals surface area contributed by atoms with E-state index in [2.05, 4.69) is 15.9 Å². The van der Waals surface area contributed by atoms with Gasteiger partial charge in [0.2, 0.25) is 5.78 Å². The van der Waals surface area contributed by atoms with Crippen molar-refractivity contribution in [3.05, 3.63) is 41.1 Å². The van der Waals surface area contributed by atoms with Crippen LogP contribution in [0.15, 0.2) is 22.0 Å². The maximum Gasteiger partial charge on any atom is 0.203 e. The van der Waals surface area contributed by atoms with Crippen molar-refractivity contribution < 1.29 is 4.79 Å². The van der Waals surface area contributed by atoms with Gasteiger partial charge in [-0.15, -0.1) is 22.7 Å². The van der Waals surface area contributed by atoms with Gasteiger partial charge in [0.25, 0.3) is 0 Å². The van der Waals surface area contributed by atoms with Crippen LogP contribution in [0.2, 0.25) is 8.67 Å². The van der Waals surface area contributed by atoms with Crippen LogP contribution in [0, 0.1) is 0 Å². The van der Waals surface area contributed by atoms with E-state index >= 15 is 0 Å². The molecule has 2 rings (SSSR count). The first-order chi connectivity index (χ1) is 7.08. The molecule has 0 N–H and O–H groups in total. The summed E-state index contributed by atoms with van der Waals surface area (Å²) in [4.78, 5) is 12.5. The van der Waals surface area contributed by atoms with Gasteiger partial charge in [-0.3, -0.25) is 4.79 Å². The number of carbonyl (C=O) groups excluding carboxylic acids is 1. The lowest BCUT2D eigenvalue weighted by Crippen LogP contribution is -1.95. The fourth-order valence-electron chi connectivity index (χ4n) is 1.03. The van der Waals surface area contributed by atoms with Crippen molar-refractivity contribution in [2.75, 3.05) is 0 Å². The van der Waals surface area contributed by atoms with Gasteiger partial charge in [0, 0.05) is 15.4 Å². The van der Waals surface area contributed by atoms with Crippen LogP contribution >= 0.6 is 61.8 Å². The number of thiophene rings is 2. The highest BCUT2D eigenvalue weighted by molar-refractivity contribution is 9.10. The topological polar surface area (TPSA) is 17.1 Å². The number of hydrogen-bond acceptors (Lipinski definition) is 3. The van der Waals surface area contributed by atoms with Crippen molar-refractivity contribution in [1.82, 2.24) is 0 Å². The highest BCUT2D eigenvalue weighted by Crippen LogP contribution is 2.34. The first-order valence-corrected chi connectivity index (χ1v) is 7.06. The summed E-state index contributed by atoms with van der Waals surface area (Å²) in [6.07, 6.45) is 0. The van der Waals surface area contributed by atoms with Gasteiger partial charge >= 0.3 is 0 Å². The summed E-state index contributed by atoms with van der Waals surface area (Å²) in [5.41, 5.74) is 0.607. The van der Waals surface area contributed by atoms with E-state index in [0.717, 1.165) is 4.47 Å². The second-order valence-corrected chi connectivity index (χ2v) is 6.75. The Bertz CT molecular complexity index is 498. The maximum absolute atomic E-state index is 11.9. The number of carbonyl (C=O) groups is 1. The lowest BCUT2D eigenvalue weighted by molar-refractivity contribution is 0.104. The van der Waals surface area contributed by atoms with E-state index < -0.39 is 0 Å². The molecule has 2 aromatic heterocycles. The summed E-state index contributed by atoms with van der Waals surface area (Å²) >= 11 is 17.5. The Morgan fingerprint density at radius 2 is 2.07 bits per heavy atom. The summed E-state index contributed by atoms with van der Waals surface area (Å²) < 4.78 is 1.94. The van der Waals surface area contributed by atoms with Crippen LogP contribution < -0.4 is 0 Å². The fraction of sp³-hybridized carbons (Fsp3) is 0. The summed E-state index contributed by atoms with van der Waals surface area (Å²) in [5, 5.41) is 1.74. The largest absolute Gasteiger partial charge is 0.288 e. The molecule has 0 atom stereocenters. The minimum Gasteiger partial charge on any atom is -0.288 e. The highest BCUT2D eigenvalue weighted by Gasteiger charge is 2.15. The predicted molar refractivity (Wildman–Crippen MR) is 69.8 cm³/mol. The van der Waals surface area contributed by atoms with Gasteiger partial charge in [-0.05, 0) is 28.1 Å². The molecule has 0 bridgehead atoms. The van der Waals surface area contributed by atoms with Crippen LogP contribution in [0.3, 0.4) is 0 Å². The normalized spacial score (nSPS) is 10.6.